The lowest BCUT2D eigenvalue weighted by Gasteiger charge is -2.05. The summed E-state index contributed by atoms with van der Waals surface area (Å²) in [5.74, 6) is 0.265. The molecule has 174 valence electrons. The van der Waals surface area contributed by atoms with Crippen molar-refractivity contribution in [3.05, 3.63) is 102 Å². The van der Waals surface area contributed by atoms with Crippen LogP contribution in [0.25, 0.3) is 28.5 Å². The number of halogens is 1. The number of nitrogens with one attached hydrogen (secondary N) is 1. The van der Waals surface area contributed by atoms with Gasteiger partial charge in [-0.25, -0.2) is 9.07 Å². The molecule has 5 aromatic rings. The summed E-state index contributed by atoms with van der Waals surface area (Å²) >= 11 is 0. The Morgan fingerprint density at radius 1 is 1.00 bits per heavy atom. The minimum Gasteiger partial charge on any atom is -0.352 e. The van der Waals surface area contributed by atoms with Crippen LogP contribution in [0.2, 0.25) is 0 Å². The van der Waals surface area contributed by atoms with E-state index in [1.54, 1.807) is 35.1 Å². The molecular formula is C26H21FN6O2. The summed E-state index contributed by atoms with van der Waals surface area (Å²) in [6, 6.07) is 21.2. The molecule has 0 aliphatic heterocycles. The van der Waals surface area contributed by atoms with E-state index < -0.39 is 0 Å². The smallest absolute Gasteiger partial charge is 0.227 e. The van der Waals surface area contributed by atoms with Crippen molar-refractivity contribution in [2.75, 3.05) is 0 Å². The van der Waals surface area contributed by atoms with E-state index in [9.17, 15) is 9.18 Å². The van der Waals surface area contributed by atoms with E-state index in [2.05, 4.69) is 25.5 Å². The number of aromatic nitrogens is 5. The maximum absolute atomic E-state index is 13.4. The molecule has 3 heterocycles. The molecule has 3 aromatic heterocycles. The molecule has 0 saturated carbocycles. The zero-order valence-electron chi connectivity index (χ0n) is 18.6. The Bertz CT molecular complexity index is 1420. The molecule has 0 fully saturated rings. The lowest BCUT2D eigenvalue weighted by molar-refractivity contribution is -0.121. The lowest BCUT2D eigenvalue weighted by atomic mass is 10.1. The van der Waals surface area contributed by atoms with Gasteiger partial charge in [0.05, 0.1) is 11.4 Å². The highest BCUT2D eigenvalue weighted by Gasteiger charge is 2.15. The summed E-state index contributed by atoms with van der Waals surface area (Å²) in [7, 11) is 0. The number of amides is 1. The van der Waals surface area contributed by atoms with Crippen molar-refractivity contribution in [1.29, 1.82) is 0 Å². The third-order valence-electron chi connectivity index (χ3n) is 5.33. The van der Waals surface area contributed by atoms with Gasteiger partial charge in [0.25, 0.3) is 0 Å². The van der Waals surface area contributed by atoms with E-state index in [-0.39, 0.29) is 24.7 Å². The first-order valence-corrected chi connectivity index (χ1v) is 11.1. The summed E-state index contributed by atoms with van der Waals surface area (Å²) < 4.78 is 20.4. The number of rotatable bonds is 8. The van der Waals surface area contributed by atoms with Crippen LogP contribution in [0.4, 0.5) is 4.39 Å². The first-order chi connectivity index (χ1) is 17.2. The van der Waals surface area contributed by atoms with Crippen LogP contribution in [0.15, 0.2) is 89.7 Å². The number of nitrogens with zero attached hydrogens (tertiary/aromatic N) is 5. The number of pyridine rings is 1. The Morgan fingerprint density at radius 2 is 1.80 bits per heavy atom. The SMILES string of the molecule is O=C(CCc1nc(-c2ccccn2)no1)NCc1cn(-c2ccccc2)nc1-c1ccc(F)cc1. The van der Waals surface area contributed by atoms with Crippen molar-refractivity contribution in [2.24, 2.45) is 0 Å². The topological polar surface area (TPSA) is 98.7 Å². The van der Waals surface area contributed by atoms with Gasteiger partial charge < -0.3 is 9.84 Å². The molecule has 2 aromatic carbocycles. The first kappa shape index (κ1) is 22.1. The fourth-order valence-electron chi connectivity index (χ4n) is 3.56. The van der Waals surface area contributed by atoms with E-state index in [0.29, 0.717) is 29.5 Å². The van der Waals surface area contributed by atoms with Gasteiger partial charge in [0.15, 0.2) is 0 Å². The van der Waals surface area contributed by atoms with Crippen molar-refractivity contribution in [3.8, 4) is 28.5 Å². The molecule has 0 aliphatic rings. The van der Waals surface area contributed by atoms with Crippen molar-refractivity contribution < 1.29 is 13.7 Å². The second-order valence-corrected chi connectivity index (χ2v) is 7.79. The number of benzene rings is 2. The van der Waals surface area contributed by atoms with Crippen LogP contribution in [0.5, 0.6) is 0 Å². The zero-order valence-corrected chi connectivity index (χ0v) is 18.6. The Hall–Kier alpha value is -4.66. The average molecular weight is 468 g/mol. The van der Waals surface area contributed by atoms with E-state index in [0.717, 1.165) is 16.8 Å². The molecule has 0 unspecified atom stereocenters. The number of carbonyl (C=O) groups is 1. The molecule has 0 spiro atoms. The highest BCUT2D eigenvalue weighted by atomic mass is 19.1. The molecule has 1 amide bonds. The molecule has 8 nitrogen and oxygen atoms in total. The maximum Gasteiger partial charge on any atom is 0.227 e. The highest BCUT2D eigenvalue weighted by Crippen LogP contribution is 2.24. The molecule has 5 rings (SSSR count). The van der Waals surface area contributed by atoms with Crippen LogP contribution in [0.3, 0.4) is 0 Å². The highest BCUT2D eigenvalue weighted by molar-refractivity contribution is 5.76. The Kier molecular flexibility index (Phi) is 6.38. The van der Waals surface area contributed by atoms with Crippen molar-refractivity contribution in [2.45, 2.75) is 19.4 Å². The van der Waals surface area contributed by atoms with E-state index in [1.165, 1.54) is 12.1 Å². The summed E-state index contributed by atoms with van der Waals surface area (Å²) in [4.78, 5) is 21.0. The Labute approximate surface area is 200 Å². The second kappa shape index (κ2) is 10.1. The van der Waals surface area contributed by atoms with Crippen molar-refractivity contribution >= 4 is 5.91 Å². The largest absolute Gasteiger partial charge is 0.352 e. The molecule has 0 radical (unpaired) electrons. The number of hydrogen-bond acceptors (Lipinski definition) is 6. The third kappa shape index (κ3) is 5.30. The Morgan fingerprint density at radius 3 is 2.57 bits per heavy atom. The fraction of sp³-hybridized carbons (Fsp3) is 0.115. The monoisotopic (exact) mass is 468 g/mol. The van der Waals surface area contributed by atoms with Gasteiger partial charge in [0.1, 0.15) is 11.5 Å². The van der Waals surface area contributed by atoms with Crippen molar-refractivity contribution in [3.63, 3.8) is 0 Å². The molecule has 1 N–H and O–H groups in total. The van der Waals surface area contributed by atoms with Gasteiger partial charge in [0.2, 0.25) is 17.6 Å². The van der Waals surface area contributed by atoms with Crippen LogP contribution in [-0.2, 0) is 17.8 Å². The number of aryl methyl sites for hydroxylation is 1. The van der Waals surface area contributed by atoms with Gasteiger partial charge in [-0.1, -0.05) is 29.4 Å². The summed E-state index contributed by atoms with van der Waals surface area (Å²) in [5, 5.41) is 11.5. The predicted octanol–water partition coefficient (Wildman–Crippen LogP) is 4.37. The summed E-state index contributed by atoms with van der Waals surface area (Å²) in [6.45, 7) is 0.265. The van der Waals surface area contributed by atoms with Gasteiger partial charge in [-0.15, -0.1) is 0 Å². The normalized spacial score (nSPS) is 10.9. The molecule has 0 saturated heterocycles. The quantitative estimate of drug-likeness (QED) is 0.363. The predicted molar refractivity (Wildman–Crippen MR) is 127 cm³/mol. The molecular weight excluding hydrogens is 447 g/mol. The van der Waals surface area contributed by atoms with Gasteiger partial charge in [-0.05, 0) is 48.5 Å². The lowest BCUT2D eigenvalue weighted by Crippen LogP contribution is -2.23. The molecule has 0 aliphatic carbocycles. The molecule has 0 atom stereocenters. The van der Waals surface area contributed by atoms with Crippen LogP contribution in [-0.4, -0.2) is 30.8 Å². The van der Waals surface area contributed by atoms with Crippen LogP contribution >= 0.6 is 0 Å². The van der Waals surface area contributed by atoms with Gasteiger partial charge in [-0.3, -0.25) is 9.78 Å². The minimum atomic E-state index is -0.321. The molecule has 35 heavy (non-hydrogen) atoms. The van der Waals surface area contributed by atoms with Crippen molar-refractivity contribution in [1.82, 2.24) is 30.2 Å². The van der Waals surface area contributed by atoms with E-state index in [1.807, 2.05) is 42.6 Å². The minimum absolute atomic E-state index is 0.167. The van der Waals surface area contributed by atoms with E-state index in [4.69, 9.17) is 4.52 Å². The second-order valence-electron chi connectivity index (χ2n) is 7.79. The standard InChI is InChI=1S/C26H21FN6O2/c27-20-11-9-18(10-12-20)25-19(17-33(31-25)21-6-2-1-3-7-21)16-29-23(34)13-14-24-30-26(32-35-24)22-8-4-5-15-28-22/h1-12,15,17H,13-14,16H2,(H,29,34). The fourth-order valence-corrected chi connectivity index (χ4v) is 3.56. The zero-order chi connectivity index (χ0) is 24.0. The number of para-hydroxylation sites is 1. The van der Waals surface area contributed by atoms with E-state index >= 15 is 0 Å². The van der Waals surface area contributed by atoms with Crippen LogP contribution in [0.1, 0.15) is 17.9 Å². The maximum atomic E-state index is 13.4. The first-order valence-electron chi connectivity index (χ1n) is 11.1. The number of hydrogen-bond donors (Lipinski definition) is 1. The van der Waals surface area contributed by atoms with Gasteiger partial charge in [0, 0.05) is 42.9 Å². The molecule has 9 heteroatoms. The summed E-state index contributed by atoms with van der Waals surface area (Å²) in [5.41, 5.74) is 3.73. The van der Waals surface area contributed by atoms with Gasteiger partial charge >= 0.3 is 0 Å². The molecule has 0 bridgehead atoms. The van der Waals surface area contributed by atoms with Gasteiger partial charge in [-0.2, -0.15) is 10.1 Å². The van der Waals surface area contributed by atoms with Crippen LogP contribution < -0.4 is 5.32 Å². The number of carbonyl (C=O) groups excluding carboxylic acids is 1. The Balaban J connectivity index is 1.26. The summed E-state index contributed by atoms with van der Waals surface area (Å²) in [6.07, 6.45) is 4.01. The average Bonchev–Trinajstić information content (AvgIpc) is 3.55. The third-order valence-corrected chi connectivity index (χ3v) is 5.33. The van der Waals surface area contributed by atoms with Crippen LogP contribution in [0, 0.1) is 5.82 Å².